The van der Waals surface area contributed by atoms with Gasteiger partial charge in [0.25, 0.3) is 5.91 Å². The molecule has 0 aliphatic carbocycles. The fourth-order valence-electron chi connectivity index (χ4n) is 2.92. The smallest absolute Gasteiger partial charge is 0.408 e. The maximum Gasteiger partial charge on any atom is 0.408 e. The lowest BCUT2D eigenvalue weighted by Crippen LogP contribution is -2.58. The van der Waals surface area contributed by atoms with Crippen molar-refractivity contribution in [3.63, 3.8) is 0 Å². The molecule has 0 aromatic heterocycles. The summed E-state index contributed by atoms with van der Waals surface area (Å²) in [6, 6.07) is 3.77. The van der Waals surface area contributed by atoms with Crippen LogP contribution in [-0.4, -0.2) is 48.6 Å². The number of nitrogens with zero attached hydrogens (tertiary/aromatic N) is 1. The first-order valence-corrected chi connectivity index (χ1v) is 7.52. The van der Waals surface area contributed by atoms with Crippen LogP contribution in [0.3, 0.4) is 0 Å². The van der Waals surface area contributed by atoms with Crippen LogP contribution in [0.25, 0.3) is 0 Å². The van der Waals surface area contributed by atoms with Gasteiger partial charge in [0, 0.05) is 19.5 Å². The minimum atomic E-state index is -4.53. The van der Waals surface area contributed by atoms with Crippen LogP contribution in [0.2, 0.25) is 0 Å². The monoisotopic (exact) mass is 344 g/mol. The van der Waals surface area contributed by atoms with Crippen molar-refractivity contribution in [2.75, 3.05) is 13.7 Å². The minimum Gasteiger partial charge on any atom is -0.496 e. The van der Waals surface area contributed by atoms with Gasteiger partial charge in [-0.25, -0.2) is 0 Å². The number of nitrogens with one attached hydrogen (secondary N) is 1. The van der Waals surface area contributed by atoms with Crippen molar-refractivity contribution in [1.82, 2.24) is 10.2 Å². The molecular weight excluding hydrogens is 325 g/mol. The fourth-order valence-corrected chi connectivity index (χ4v) is 2.92. The third-order valence-corrected chi connectivity index (χ3v) is 3.97. The molecule has 0 spiro atoms. The van der Waals surface area contributed by atoms with E-state index in [0.717, 1.165) is 4.90 Å². The molecule has 0 saturated carbocycles. The molecule has 8 heteroatoms. The van der Waals surface area contributed by atoms with Gasteiger partial charge in [0.15, 0.2) is 0 Å². The van der Waals surface area contributed by atoms with E-state index in [9.17, 15) is 22.8 Å². The normalized spacial score (nSPS) is 21.3. The Balaban J connectivity index is 2.32. The Labute approximate surface area is 137 Å². The predicted octanol–water partition coefficient (Wildman–Crippen LogP) is 2.37. The number of methoxy groups -OCH3 is 1. The molecule has 0 radical (unpaired) electrons. The Morgan fingerprint density at radius 3 is 2.50 bits per heavy atom. The predicted molar refractivity (Wildman–Crippen MR) is 80.7 cm³/mol. The summed E-state index contributed by atoms with van der Waals surface area (Å²) in [6.45, 7) is 1.10. The minimum absolute atomic E-state index is 0.0673. The topological polar surface area (TPSA) is 58.6 Å². The van der Waals surface area contributed by atoms with Gasteiger partial charge < -0.3 is 15.0 Å². The van der Waals surface area contributed by atoms with E-state index in [1.807, 2.05) is 0 Å². The van der Waals surface area contributed by atoms with Crippen molar-refractivity contribution >= 4 is 11.8 Å². The molecule has 1 aromatic carbocycles. The summed E-state index contributed by atoms with van der Waals surface area (Å²) < 4.78 is 45.1. The van der Waals surface area contributed by atoms with Crippen LogP contribution in [0.1, 0.15) is 30.1 Å². The Morgan fingerprint density at radius 1 is 1.25 bits per heavy atom. The van der Waals surface area contributed by atoms with Crippen LogP contribution >= 0.6 is 0 Å². The van der Waals surface area contributed by atoms with Crippen molar-refractivity contribution in [3.8, 4) is 5.75 Å². The summed E-state index contributed by atoms with van der Waals surface area (Å²) in [6.07, 6.45) is -4.62. The van der Waals surface area contributed by atoms with E-state index in [4.69, 9.17) is 4.74 Å². The van der Waals surface area contributed by atoms with Crippen molar-refractivity contribution in [1.29, 1.82) is 0 Å². The van der Waals surface area contributed by atoms with E-state index < -0.39 is 24.2 Å². The van der Waals surface area contributed by atoms with Crippen molar-refractivity contribution in [3.05, 3.63) is 29.8 Å². The third kappa shape index (κ3) is 3.98. The molecule has 1 saturated heterocycles. The Bertz CT molecular complexity index is 619. The summed E-state index contributed by atoms with van der Waals surface area (Å²) in [7, 11) is 1.35. The zero-order valence-electron chi connectivity index (χ0n) is 13.4. The first-order chi connectivity index (χ1) is 11.2. The molecule has 2 rings (SSSR count). The second-order valence-corrected chi connectivity index (χ2v) is 5.69. The summed E-state index contributed by atoms with van der Waals surface area (Å²) >= 11 is 0. The second-order valence-electron chi connectivity index (χ2n) is 5.69. The zero-order valence-corrected chi connectivity index (χ0v) is 13.4. The van der Waals surface area contributed by atoms with Crippen LogP contribution < -0.4 is 10.1 Å². The number of alkyl halides is 3. The second kappa shape index (κ2) is 7.11. The Morgan fingerprint density at radius 2 is 1.92 bits per heavy atom. The highest BCUT2D eigenvalue weighted by Crippen LogP contribution is 2.34. The maximum absolute atomic E-state index is 13.3. The third-order valence-electron chi connectivity index (χ3n) is 3.97. The first kappa shape index (κ1) is 18.1. The van der Waals surface area contributed by atoms with Crippen LogP contribution in [0.5, 0.6) is 5.75 Å². The molecule has 2 atom stereocenters. The van der Waals surface area contributed by atoms with Crippen molar-refractivity contribution in [2.45, 2.75) is 38.0 Å². The summed E-state index contributed by atoms with van der Waals surface area (Å²) in [4.78, 5) is 24.7. The van der Waals surface area contributed by atoms with Gasteiger partial charge in [-0.2, -0.15) is 13.2 Å². The van der Waals surface area contributed by atoms with E-state index >= 15 is 0 Å². The van der Waals surface area contributed by atoms with Crippen LogP contribution in [0.4, 0.5) is 13.2 Å². The number of para-hydroxylation sites is 1. The largest absolute Gasteiger partial charge is 0.496 e. The highest BCUT2D eigenvalue weighted by molar-refractivity contribution is 5.97. The average Bonchev–Trinajstić information content (AvgIpc) is 2.52. The number of hydrogen-bond donors (Lipinski definition) is 1. The standard InChI is InChI=1S/C16H19F3N2O3/c1-10(22)20-11-7-8-14(16(17,18)19)21(9-11)15(23)12-5-3-4-6-13(12)24-2/h3-6,11,14H,7-9H2,1-2H3,(H,20,22). The molecule has 1 heterocycles. The van der Waals surface area contributed by atoms with Crippen LogP contribution in [0, 0.1) is 0 Å². The van der Waals surface area contributed by atoms with Gasteiger partial charge in [-0.1, -0.05) is 12.1 Å². The van der Waals surface area contributed by atoms with Gasteiger partial charge in [0.2, 0.25) is 5.91 Å². The molecule has 1 N–H and O–H groups in total. The lowest BCUT2D eigenvalue weighted by atomic mass is 9.96. The van der Waals surface area contributed by atoms with Gasteiger partial charge >= 0.3 is 6.18 Å². The number of carbonyl (C=O) groups is 2. The molecule has 2 unspecified atom stereocenters. The van der Waals surface area contributed by atoms with Gasteiger partial charge in [-0.3, -0.25) is 9.59 Å². The number of halogens is 3. The molecule has 1 aromatic rings. The van der Waals surface area contributed by atoms with E-state index in [0.29, 0.717) is 0 Å². The van der Waals surface area contributed by atoms with Gasteiger partial charge in [-0.15, -0.1) is 0 Å². The van der Waals surface area contributed by atoms with E-state index in [2.05, 4.69) is 5.32 Å². The Hall–Kier alpha value is -2.25. The molecule has 1 aliphatic heterocycles. The SMILES string of the molecule is COc1ccccc1C(=O)N1CC(NC(C)=O)CCC1C(F)(F)F. The van der Waals surface area contributed by atoms with Gasteiger partial charge in [-0.05, 0) is 25.0 Å². The molecule has 5 nitrogen and oxygen atoms in total. The van der Waals surface area contributed by atoms with Crippen molar-refractivity contribution in [2.24, 2.45) is 0 Å². The first-order valence-electron chi connectivity index (χ1n) is 7.52. The molecule has 24 heavy (non-hydrogen) atoms. The number of amides is 2. The zero-order chi connectivity index (χ0) is 17.9. The molecule has 1 fully saturated rings. The highest BCUT2D eigenvalue weighted by atomic mass is 19.4. The fraction of sp³-hybridized carbons (Fsp3) is 0.500. The Kier molecular flexibility index (Phi) is 5.36. The maximum atomic E-state index is 13.3. The lowest BCUT2D eigenvalue weighted by Gasteiger charge is -2.40. The summed E-state index contributed by atoms with van der Waals surface area (Å²) in [5, 5.41) is 2.59. The number of piperidine rings is 1. The average molecular weight is 344 g/mol. The number of benzene rings is 1. The number of carbonyl (C=O) groups excluding carboxylic acids is 2. The quantitative estimate of drug-likeness (QED) is 0.916. The molecule has 132 valence electrons. The van der Waals surface area contributed by atoms with E-state index in [1.165, 1.54) is 26.2 Å². The molecule has 2 amide bonds. The summed E-state index contributed by atoms with van der Waals surface area (Å²) in [5.41, 5.74) is 0.0673. The van der Waals surface area contributed by atoms with Crippen molar-refractivity contribution < 1.29 is 27.5 Å². The highest BCUT2D eigenvalue weighted by Gasteiger charge is 2.48. The van der Waals surface area contributed by atoms with Crippen LogP contribution in [-0.2, 0) is 4.79 Å². The number of likely N-dealkylation sites (tertiary alicyclic amines) is 1. The van der Waals surface area contributed by atoms with Gasteiger partial charge in [0.05, 0.1) is 12.7 Å². The summed E-state index contributed by atoms with van der Waals surface area (Å²) in [5.74, 6) is -0.884. The molecule has 1 aliphatic rings. The van der Waals surface area contributed by atoms with E-state index in [-0.39, 0.29) is 36.6 Å². The number of ether oxygens (including phenoxy) is 1. The number of rotatable bonds is 3. The van der Waals surface area contributed by atoms with E-state index in [1.54, 1.807) is 12.1 Å². The molecular formula is C16H19F3N2O3. The van der Waals surface area contributed by atoms with Gasteiger partial charge in [0.1, 0.15) is 11.8 Å². The molecule has 0 bridgehead atoms. The van der Waals surface area contributed by atoms with Crippen LogP contribution in [0.15, 0.2) is 24.3 Å². The lowest BCUT2D eigenvalue weighted by molar-refractivity contribution is -0.184. The number of hydrogen-bond acceptors (Lipinski definition) is 3.